The number of urea groups is 1. The van der Waals surface area contributed by atoms with Gasteiger partial charge in [-0.3, -0.25) is 4.79 Å². The van der Waals surface area contributed by atoms with Gasteiger partial charge in [-0.2, -0.15) is 5.26 Å². The first-order valence-electron chi connectivity index (χ1n) is 3.73. The topological polar surface area (TPSA) is 108 Å². The van der Waals surface area contributed by atoms with Gasteiger partial charge in [0.2, 0.25) is 5.91 Å². The van der Waals surface area contributed by atoms with E-state index in [0.717, 1.165) is 0 Å². The predicted molar refractivity (Wildman–Crippen MR) is 45.4 cm³/mol. The molecule has 0 aliphatic heterocycles. The van der Waals surface area contributed by atoms with Crippen molar-refractivity contribution in [3.63, 3.8) is 0 Å². The van der Waals surface area contributed by atoms with Crippen LogP contribution in [0.4, 0.5) is 4.79 Å². The fourth-order valence-corrected chi connectivity index (χ4v) is 0.650. The number of rotatable bonds is 3. The van der Waals surface area contributed by atoms with Gasteiger partial charge in [0.1, 0.15) is 12.1 Å². The number of nitrogens with two attached hydrogens (primary N) is 1. The Labute approximate surface area is 76.1 Å². The zero-order valence-corrected chi connectivity index (χ0v) is 7.50. The van der Waals surface area contributed by atoms with E-state index in [1.807, 2.05) is 6.07 Å². The number of hydrogen-bond donors (Lipinski definition) is 3. The second kappa shape index (κ2) is 4.98. The smallest absolute Gasteiger partial charge is 0.312 e. The number of carbonyl (C=O) groups excluding carboxylic acids is 2. The van der Waals surface area contributed by atoms with Crippen molar-refractivity contribution >= 4 is 11.9 Å². The van der Waals surface area contributed by atoms with Crippen molar-refractivity contribution in [3.05, 3.63) is 0 Å². The number of primary amides is 1. The molecular weight excluding hydrogens is 172 g/mol. The molecule has 0 saturated heterocycles. The van der Waals surface area contributed by atoms with Crippen LogP contribution in [0.3, 0.4) is 0 Å². The molecule has 0 radical (unpaired) electrons. The first kappa shape index (κ1) is 11.2. The molecule has 4 N–H and O–H groups in total. The maximum Gasteiger partial charge on any atom is 0.312 e. The largest absolute Gasteiger partial charge is 0.352 e. The molecule has 0 aromatic rings. The highest BCUT2D eigenvalue weighted by atomic mass is 16.2. The summed E-state index contributed by atoms with van der Waals surface area (Å²) in [7, 11) is 0. The Balaban J connectivity index is 3.98. The van der Waals surface area contributed by atoms with Gasteiger partial charge >= 0.3 is 6.03 Å². The van der Waals surface area contributed by atoms with E-state index in [1.165, 1.54) is 13.8 Å². The van der Waals surface area contributed by atoms with Crippen LogP contribution in [0.5, 0.6) is 0 Å². The van der Waals surface area contributed by atoms with Crippen molar-refractivity contribution in [2.24, 2.45) is 5.73 Å². The average Bonchev–Trinajstić information content (AvgIpc) is 2.02. The highest BCUT2D eigenvalue weighted by molar-refractivity contribution is 5.86. The number of carbonyl (C=O) groups is 2. The van der Waals surface area contributed by atoms with Gasteiger partial charge in [-0.1, -0.05) is 0 Å². The van der Waals surface area contributed by atoms with E-state index in [1.54, 1.807) is 0 Å². The second-order valence-electron chi connectivity index (χ2n) is 2.59. The summed E-state index contributed by atoms with van der Waals surface area (Å²) in [5, 5.41) is 12.9. The summed E-state index contributed by atoms with van der Waals surface area (Å²) < 4.78 is 0. The molecule has 6 heteroatoms. The molecule has 2 atom stereocenters. The van der Waals surface area contributed by atoms with Crippen LogP contribution in [0.2, 0.25) is 0 Å². The summed E-state index contributed by atoms with van der Waals surface area (Å²) in [4.78, 5) is 21.5. The van der Waals surface area contributed by atoms with Crippen LogP contribution in [0.25, 0.3) is 0 Å². The molecule has 6 nitrogen and oxygen atoms in total. The number of nitrogens with one attached hydrogen (secondary N) is 2. The van der Waals surface area contributed by atoms with Crippen LogP contribution >= 0.6 is 0 Å². The summed E-state index contributed by atoms with van der Waals surface area (Å²) in [6, 6.07) is -0.250. The molecule has 0 bridgehead atoms. The molecule has 0 aliphatic rings. The van der Waals surface area contributed by atoms with Gasteiger partial charge in [-0.05, 0) is 13.8 Å². The Morgan fingerprint density at radius 1 is 1.38 bits per heavy atom. The minimum absolute atomic E-state index is 0.437. The van der Waals surface area contributed by atoms with Crippen molar-refractivity contribution in [2.45, 2.75) is 25.9 Å². The minimum Gasteiger partial charge on any atom is -0.352 e. The highest BCUT2D eigenvalue weighted by Gasteiger charge is 2.15. The molecule has 0 heterocycles. The molecule has 13 heavy (non-hydrogen) atoms. The first-order valence-corrected chi connectivity index (χ1v) is 3.73. The van der Waals surface area contributed by atoms with Gasteiger partial charge in [0.15, 0.2) is 0 Å². The van der Waals surface area contributed by atoms with Crippen molar-refractivity contribution in [1.82, 2.24) is 10.6 Å². The highest BCUT2D eigenvalue weighted by Crippen LogP contribution is 1.84. The van der Waals surface area contributed by atoms with Crippen molar-refractivity contribution in [2.75, 3.05) is 0 Å². The van der Waals surface area contributed by atoms with Gasteiger partial charge in [0.25, 0.3) is 0 Å². The number of nitriles is 1. The van der Waals surface area contributed by atoms with Crippen molar-refractivity contribution in [3.8, 4) is 6.07 Å². The molecular formula is C7H12N4O2. The average molecular weight is 184 g/mol. The third-order valence-electron chi connectivity index (χ3n) is 1.30. The second-order valence-corrected chi connectivity index (χ2v) is 2.59. The van der Waals surface area contributed by atoms with Gasteiger partial charge in [0.05, 0.1) is 6.07 Å². The third kappa shape index (κ3) is 4.63. The molecule has 0 spiro atoms. The fourth-order valence-electron chi connectivity index (χ4n) is 0.650. The van der Waals surface area contributed by atoms with Crippen LogP contribution in [0.1, 0.15) is 13.8 Å². The number of amides is 3. The lowest BCUT2D eigenvalue weighted by atomic mass is 10.3. The molecule has 0 aromatic heterocycles. The Kier molecular flexibility index (Phi) is 4.30. The quantitative estimate of drug-likeness (QED) is 0.527. The SMILES string of the molecule is C[C@H](C#N)NC(=O)[C@H](C)NC(N)=O. The minimum atomic E-state index is -0.771. The van der Waals surface area contributed by atoms with E-state index in [4.69, 9.17) is 11.0 Å². The summed E-state index contributed by atoms with van der Waals surface area (Å²) in [6.07, 6.45) is 0. The molecule has 0 saturated carbocycles. The maximum absolute atomic E-state index is 11.1. The van der Waals surface area contributed by atoms with Crippen LogP contribution in [-0.4, -0.2) is 24.0 Å². The summed E-state index contributed by atoms with van der Waals surface area (Å²) in [5.41, 5.74) is 4.80. The summed E-state index contributed by atoms with van der Waals surface area (Å²) in [6.45, 7) is 3.01. The van der Waals surface area contributed by atoms with Crippen LogP contribution in [0, 0.1) is 11.3 Å². The normalized spacial score (nSPS) is 13.6. The zero-order chi connectivity index (χ0) is 10.4. The summed E-state index contributed by atoms with van der Waals surface area (Å²) >= 11 is 0. The van der Waals surface area contributed by atoms with Gasteiger partial charge in [-0.15, -0.1) is 0 Å². The number of hydrogen-bond acceptors (Lipinski definition) is 3. The van der Waals surface area contributed by atoms with Crippen molar-refractivity contribution in [1.29, 1.82) is 5.26 Å². The molecule has 0 aromatic carbocycles. The monoisotopic (exact) mass is 184 g/mol. The Bertz CT molecular complexity index is 245. The van der Waals surface area contributed by atoms with E-state index < -0.39 is 24.0 Å². The fraction of sp³-hybridized carbons (Fsp3) is 0.571. The standard InChI is InChI=1S/C7H12N4O2/c1-4(3-8)10-6(12)5(2)11-7(9)13/h4-5H,1-2H3,(H,10,12)(H3,9,11,13)/t4-,5+/m1/s1. The lowest BCUT2D eigenvalue weighted by Crippen LogP contribution is -2.48. The van der Waals surface area contributed by atoms with Gasteiger partial charge in [0, 0.05) is 0 Å². The van der Waals surface area contributed by atoms with E-state index in [-0.39, 0.29) is 0 Å². The lowest BCUT2D eigenvalue weighted by molar-refractivity contribution is -0.122. The van der Waals surface area contributed by atoms with E-state index in [0.29, 0.717) is 0 Å². The zero-order valence-electron chi connectivity index (χ0n) is 7.50. The third-order valence-corrected chi connectivity index (χ3v) is 1.30. The first-order chi connectivity index (χ1) is 5.97. The van der Waals surface area contributed by atoms with E-state index >= 15 is 0 Å². The van der Waals surface area contributed by atoms with Gasteiger partial charge < -0.3 is 16.4 Å². The molecule has 3 amide bonds. The molecule has 0 unspecified atom stereocenters. The molecule has 0 rings (SSSR count). The molecule has 72 valence electrons. The Morgan fingerprint density at radius 2 is 1.92 bits per heavy atom. The summed E-state index contributed by atoms with van der Waals surface area (Å²) in [5.74, 6) is -0.437. The maximum atomic E-state index is 11.1. The van der Waals surface area contributed by atoms with E-state index in [9.17, 15) is 9.59 Å². The van der Waals surface area contributed by atoms with Crippen LogP contribution in [-0.2, 0) is 4.79 Å². The van der Waals surface area contributed by atoms with Crippen molar-refractivity contribution < 1.29 is 9.59 Å². The van der Waals surface area contributed by atoms with Crippen LogP contribution in [0.15, 0.2) is 0 Å². The lowest BCUT2D eigenvalue weighted by Gasteiger charge is -2.13. The van der Waals surface area contributed by atoms with Crippen LogP contribution < -0.4 is 16.4 Å². The number of nitrogens with zero attached hydrogens (tertiary/aromatic N) is 1. The molecule has 0 fully saturated rings. The Hall–Kier alpha value is -1.77. The Morgan fingerprint density at radius 3 is 2.31 bits per heavy atom. The van der Waals surface area contributed by atoms with E-state index in [2.05, 4.69) is 10.6 Å². The van der Waals surface area contributed by atoms with Gasteiger partial charge in [-0.25, -0.2) is 4.79 Å². The predicted octanol–water partition coefficient (Wildman–Crippen LogP) is -0.929. The molecule has 0 aliphatic carbocycles.